The molecule has 0 aliphatic carbocycles. The lowest BCUT2D eigenvalue weighted by atomic mass is 9.78. The van der Waals surface area contributed by atoms with E-state index in [9.17, 15) is 0 Å². The lowest BCUT2D eigenvalue weighted by Crippen LogP contribution is -2.60. The van der Waals surface area contributed by atoms with Gasteiger partial charge in [-0.25, -0.2) is 0 Å². The summed E-state index contributed by atoms with van der Waals surface area (Å²) in [5.74, 6) is 0. The van der Waals surface area contributed by atoms with Crippen molar-refractivity contribution in [2.45, 2.75) is 32.7 Å². The number of nitrogens with one attached hydrogen (secondary N) is 2. The first-order valence-electron chi connectivity index (χ1n) is 4.16. The van der Waals surface area contributed by atoms with E-state index in [2.05, 4.69) is 28.8 Å². The molecule has 0 bridgehead atoms. The summed E-state index contributed by atoms with van der Waals surface area (Å²) in [5.41, 5.74) is 0. The molecule has 1 rings (SSSR count). The van der Waals surface area contributed by atoms with Crippen LogP contribution in [0.15, 0.2) is 0 Å². The van der Waals surface area contributed by atoms with Crippen LogP contribution in [-0.4, -0.2) is 33.4 Å². The van der Waals surface area contributed by atoms with Crippen molar-refractivity contribution in [2.75, 3.05) is 0 Å². The largest absolute Gasteiger partial charge is 0.379 e. The van der Waals surface area contributed by atoms with Gasteiger partial charge in [-0.3, -0.25) is 0 Å². The smallest absolute Gasteiger partial charge is 0.287 e. The van der Waals surface area contributed by atoms with Crippen LogP contribution >= 0.6 is 0 Å². The minimum Gasteiger partial charge on any atom is -0.379 e. The van der Waals surface area contributed by atoms with Gasteiger partial charge in [0.05, 0.1) is 0 Å². The van der Waals surface area contributed by atoms with Crippen LogP contribution in [0.4, 0.5) is 0 Å². The molecule has 3 radical (unpaired) electrons. The second-order valence-electron chi connectivity index (χ2n) is 2.65. The summed E-state index contributed by atoms with van der Waals surface area (Å²) in [7, 11) is 5.77. The fourth-order valence-corrected chi connectivity index (χ4v) is 1.25. The van der Waals surface area contributed by atoms with E-state index in [0.29, 0.717) is 6.04 Å². The highest BCUT2D eigenvalue weighted by molar-refractivity contribution is 6.65. The fourth-order valence-electron chi connectivity index (χ4n) is 1.25. The molecule has 0 unspecified atom stereocenters. The maximum absolute atomic E-state index is 3.02. The Morgan fingerprint density at radius 2 is 1.73 bits per heavy atom. The standard InChI is InChI=1S/C5H13B3N3/c1-3-5(4-2)11-7-9-6-10-8-11/h5,9-10H,3-4H2,1-2H3. The van der Waals surface area contributed by atoms with Crippen LogP contribution in [0.2, 0.25) is 0 Å². The molecule has 2 N–H and O–H groups in total. The minimum absolute atomic E-state index is 0.615. The van der Waals surface area contributed by atoms with Gasteiger partial charge in [0.1, 0.15) is 0 Å². The van der Waals surface area contributed by atoms with Crippen LogP contribution < -0.4 is 10.3 Å². The Bertz CT molecular complexity index is 103. The van der Waals surface area contributed by atoms with Crippen molar-refractivity contribution in [3.63, 3.8) is 0 Å². The summed E-state index contributed by atoms with van der Waals surface area (Å²) in [6.07, 6.45) is 2.35. The summed E-state index contributed by atoms with van der Waals surface area (Å²) in [4.78, 5) is 0. The second-order valence-corrected chi connectivity index (χ2v) is 2.65. The van der Waals surface area contributed by atoms with Crippen molar-refractivity contribution in [3.8, 4) is 0 Å². The van der Waals surface area contributed by atoms with Crippen molar-refractivity contribution in [1.29, 1.82) is 0 Å². The van der Waals surface area contributed by atoms with Gasteiger partial charge in [0.2, 0.25) is 0 Å². The van der Waals surface area contributed by atoms with Crippen molar-refractivity contribution >= 4 is 22.6 Å². The van der Waals surface area contributed by atoms with Crippen LogP contribution in [0.1, 0.15) is 26.7 Å². The predicted molar refractivity (Wildman–Crippen MR) is 49.7 cm³/mol. The van der Waals surface area contributed by atoms with Crippen molar-refractivity contribution in [2.24, 2.45) is 0 Å². The number of hydrogen-bond donors (Lipinski definition) is 2. The molecular weight excluding hydrogens is 135 g/mol. The van der Waals surface area contributed by atoms with E-state index in [-0.39, 0.29) is 0 Å². The molecule has 1 aliphatic heterocycles. The van der Waals surface area contributed by atoms with Crippen LogP contribution in [0.25, 0.3) is 0 Å². The topological polar surface area (TPSA) is 27.3 Å². The van der Waals surface area contributed by atoms with Crippen LogP contribution in [0, 0.1) is 0 Å². The SMILES string of the molecule is CCC(CC)N1[B]N[B]N[B]1. The molecule has 11 heavy (non-hydrogen) atoms. The maximum Gasteiger partial charge on any atom is 0.287 e. The van der Waals surface area contributed by atoms with Gasteiger partial charge < -0.3 is 15.0 Å². The van der Waals surface area contributed by atoms with E-state index in [1.54, 1.807) is 7.55 Å². The molecule has 57 valence electrons. The first-order chi connectivity index (χ1) is 5.38. The zero-order valence-corrected chi connectivity index (χ0v) is 7.17. The highest BCUT2D eigenvalue weighted by Crippen LogP contribution is 2.04. The maximum atomic E-state index is 3.02. The van der Waals surface area contributed by atoms with Gasteiger partial charge in [0.25, 0.3) is 22.6 Å². The summed E-state index contributed by atoms with van der Waals surface area (Å²) >= 11 is 0. The lowest BCUT2D eigenvalue weighted by molar-refractivity contribution is 0.436. The number of rotatable bonds is 3. The van der Waals surface area contributed by atoms with Crippen molar-refractivity contribution in [1.82, 2.24) is 15.0 Å². The summed E-state index contributed by atoms with van der Waals surface area (Å²) < 4.78 is 2.17. The highest BCUT2D eigenvalue weighted by atomic mass is 15.1. The number of nitrogens with zero attached hydrogens (tertiary/aromatic N) is 1. The zero-order valence-electron chi connectivity index (χ0n) is 7.17. The lowest BCUT2D eigenvalue weighted by Gasteiger charge is -2.32. The van der Waals surface area contributed by atoms with E-state index in [1.165, 1.54) is 12.8 Å². The Morgan fingerprint density at radius 1 is 1.18 bits per heavy atom. The van der Waals surface area contributed by atoms with E-state index >= 15 is 0 Å². The van der Waals surface area contributed by atoms with E-state index in [1.807, 2.05) is 15.1 Å². The molecule has 0 aromatic rings. The number of hydrogen-bond acceptors (Lipinski definition) is 3. The van der Waals surface area contributed by atoms with Gasteiger partial charge in [-0.15, -0.1) is 0 Å². The Balaban J connectivity index is 2.30. The second kappa shape index (κ2) is 4.85. The third-order valence-corrected chi connectivity index (χ3v) is 1.98. The predicted octanol–water partition coefficient (Wildman–Crippen LogP) is -0.728. The zero-order chi connectivity index (χ0) is 8.10. The van der Waals surface area contributed by atoms with Crippen molar-refractivity contribution < 1.29 is 0 Å². The first kappa shape index (κ1) is 9.17. The fraction of sp³-hybridized carbons (Fsp3) is 1.00. The minimum atomic E-state index is 0.615. The molecule has 0 aromatic heterocycles. The van der Waals surface area contributed by atoms with E-state index in [4.69, 9.17) is 0 Å². The first-order valence-corrected chi connectivity index (χ1v) is 4.16. The Hall–Kier alpha value is 0.0748. The van der Waals surface area contributed by atoms with Gasteiger partial charge in [0, 0.05) is 0 Å². The molecule has 1 saturated heterocycles. The molecule has 1 aliphatic rings. The molecule has 0 amide bonds. The molecule has 1 fully saturated rings. The molecule has 6 heteroatoms. The summed E-state index contributed by atoms with van der Waals surface area (Å²) in [6, 6.07) is 0.615. The third kappa shape index (κ3) is 2.54. The average Bonchev–Trinajstić information content (AvgIpc) is 2.09. The summed E-state index contributed by atoms with van der Waals surface area (Å²) in [5, 5.41) is 6.04. The molecule has 0 saturated carbocycles. The molecule has 0 aromatic carbocycles. The van der Waals surface area contributed by atoms with Gasteiger partial charge >= 0.3 is 0 Å². The van der Waals surface area contributed by atoms with Gasteiger partial charge in [-0.05, 0) is 18.9 Å². The quantitative estimate of drug-likeness (QED) is 0.516. The highest BCUT2D eigenvalue weighted by Gasteiger charge is 2.19. The van der Waals surface area contributed by atoms with E-state index < -0.39 is 0 Å². The third-order valence-electron chi connectivity index (χ3n) is 1.98. The van der Waals surface area contributed by atoms with Crippen molar-refractivity contribution in [3.05, 3.63) is 0 Å². The van der Waals surface area contributed by atoms with Crippen LogP contribution in [0.5, 0.6) is 0 Å². The molecular formula is C5H13B3N3. The molecule has 0 atom stereocenters. The average molecular weight is 148 g/mol. The van der Waals surface area contributed by atoms with Crippen LogP contribution in [-0.2, 0) is 0 Å². The Kier molecular flexibility index (Phi) is 4.04. The van der Waals surface area contributed by atoms with Gasteiger partial charge in [0.15, 0.2) is 0 Å². The normalized spacial score (nSPS) is 18.8. The van der Waals surface area contributed by atoms with Gasteiger partial charge in [-0.2, -0.15) is 0 Å². The molecule has 3 nitrogen and oxygen atoms in total. The van der Waals surface area contributed by atoms with E-state index in [0.717, 1.165) is 0 Å². The monoisotopic (exact) mass is 148 g/mol. The summed E-state index contributed by atoms with van der Waals surface area (Å²) in [6.45, 7) is 4.41. The molecule has 1 heterocycles. The molecule has 0 spiro atoms. The Labute approximate surface area is 71.2 Å². The Morgan fingerprint density at radius 3 is 2.18 bits per heavy atom. The van der Waals surface area contributed by atoms with Crippen LogP contribution in [0.3, 0.4) is 0 Å². The van der Waals surface area contributed by atoms with Gasteiger partial charge in [-0.1, -0.05) is 13.8 Å².